The first kappa shape index (κ1) is 12.8. The summed E-state index contributed by atoms with van der Waals surface area (Å²) >= 11 is 0. The molecule has 0 saturated carbocycles. The van der Waals surface area contributed by atoms with E-state index in [1.165, 1.54) is 18.5 Å². The van der Waals surface area contributed by atoms with Gasteiger partial charge in [0.2, 0.25) is 0 Å². The first-order valence-electron chi connectivity index (χ1n) is 6.25. The number of aromatic hydroxyl groups is 1. The summed E-state index contributed by atoms with van der Waals surface area (Å²) in [6, 6.07) is 1.45. The number of hydrogen-bond acceptors (Lipinski definition) is 4. The van der Waals surface area contributed by atoms with Gasteiger partial charge in [0.15, 0.2) is 0 Å². The van der Waals surface area contributed by atoms with Crippen LogP contribution in [0.4, 0.5) is 0 Å². The number of piperidine rings is 1. The van der Waals surface area contributed by atoms with Crippen molar-refractivity contribution in [2.75, 3.05) is 19.6 Å². The number of hydrogen-bond donors (Lipinski definition) is 2. The molecule has 2 rings (SSSR count). The quantitative estimate of drug-likeness (QED) is 0.814. The van der Waals surface area contributed by atoms with Crippen LogP contribution in [0.5, 0.6) is 5.75 Å². The lowest BCUT2D eigenvalue weighted by atomic mass is 9.87. The standard InChI is InChI=1S/C13H19N3O2/c1-9-2-3-16(8-11(9)5-14)13(18)10-4-12(17)7-15-6-10/h4,6-7,9,11,17H,2-3,5,8,14H2,1H3. The van der Waals surface area contributed by atoms with E-state index in [4.69, 9.17) is 5.73 Å². The van der Waals surface area contributed by atoms with Gasteiger partial charge >= 0.3 is 0 Å². The summed E-state index contributed by atoms with van der Waals surface area (Å²) in [4.78, 5) is 17.9. The highest BCUT2D eigenvalue weighted by Crippen LogP contribution is 2.23. The molecule has 1 aliphatic heterocycles. The largest absolute Gasteiger partial charge is 0.506 e. The maximum atomic E-state index is 12.3. The van der Waals surface area contributed by atoms with Gasteiger partial charge in [0.1, 0.15) is 5.75 Å². The van der Waals surface area contributed by atoms with Gasteiger partial charge < -0.3 is 15.7 Å². The van der Waals surface area contributed by atoms with Gasteiger partial charge in [-0.15, -0.1) is 0 Å². The maximum Gasteiger partial charge on any atom is 0.255 e. The third kappa shape index (κ3) is 2.61. The zero-order chi connectivity index (χ0) is 13.1. The minimum atomic E-state index is -0.0799. The zero-order valence-corrected chi connectivity index (χ0v) is 10.5. The average molecular weight is 249 g/mol. The summed E-state index contributed by atoms with van der Waals surface area (Å²) in [7, 11) is 0. The Hall–Kier alpha value is -1.62. The fraction of sp³-hybridized carbons (Fsp3) is 0.538. The SMILES string of the molecule is CC1CCN(C(=O)c2cncc(O)c2)CC1CN. The van der Waals surface area contributed by atoms with Crippen LogP contribution in [0.1, 0.15) is 23.7 Å². The topological polar surface area (TPSA) is 79.5 Å². The molecule has 2 atom stereocenters. The second kappa shape index (κ2) is 5.35. The van der Waals surface area contributed by atoms with Crippen LogP contribution in [0, 0.1) is 11.8 Å². The minimum absolute atomic E-state index is 0.0154. The molecule has 2 unspecified atom stereocenters. The van der Waals surface area contributed by atoms with E-state index in [9.17, 15) is 9.90 Å². The number of rotatable bonds is 2. The molecule has 5 nitrogen and oxygen atoms in total. The fourth-order valence-electron chi connectivity index (χ4n) is 2.37. The molecular formula is C13H19N3O2. The van der Waals surface area contributed by atoms with Crippen molar-refractivity contribution in [3.05, 3.63) is 24.0 Å². The second-order valence-corrected chi connectivity index (χ2v) is 4.94. The Morgan fingerprint density at radius 2 is 2.39 bits per heavy atom. The summed E-state index contributed by atoms with van der Waals surface area (Å²) in [6.07, 6.45) is 3.77. The highest BCUT2D eigenvalue weighted by atomic mass is 16.3. The Bertz CT molecular complexity index is 436. The lowest BCUT2D eigenvalue weighted by Crippen LogP contribution is -2.45. The summed E-state index contributed by atoms with van der Waals surface area (Å²) in [5.74, 6) is 0.847. The molecule has 2 heterocycles. The molecule has 0 aromatic carbocycles. The number of carbonyl (C=O) groups is 1. The lowest BCUT2D eigenvalue weighted by Gasteiger charge is -2.36. The number of amides is 1. The highest BCUT2D eigenvalue weighted by molar-refractivity contribution is 5.94. The summed E-state index contributed by atoms with van der Waals surface area (Å²) in [5.41, 5.74) is 6.16. The average Bonchev–Trinajstić information content (AvgIpc) is 2.38. The molecule has 1 amide bonds. The Kier molecular flexibility index (Phi) is 3.81. The van der Waals surface area contributed by atoms with Crippen molar-refractivity contribution in [1.29, 1.82) is 0 Å². The van der Waals surface area contributed by atoms with Crippen molar-refractivity contribution >= 4 is 5.91 Å². The van der Waals surface area contributed by atoms with E-state index in [1.54, 1.807) is 4.90 Å². The van der Waals surface area contributed by atoms with Gasteiger partial charge in [-0.1, -0.05) is 6.92 Å². The van der Waals surface area contributed by atoms with Crippen molar-refractivity contribution in [3.8, 4) is 5.75 Å². The number of aromatic nitrogens is 1. The van der Waals surface area contributed by atoms with Gasteiger partial charge in [-0.05, 0) is 30.9 Å². The van der Waals surface area contributed by atoms with E-state index in [0.29, 0.717) is 30.5 Å². The molecule has 1 fully saturated rings. The summed E-state index contributed by atoms with van der Waals surface area (Å²) in [5, 5.41) is 9.35. The van der Waals surface area contributed by atoms with Crippen molar-refractivity contribution in [1.82, 2.24) is 9.88 Å². The molecule has 0 bridgehead atoms. The monoisotopic (exact) mass is 249 g/mol. The molecule has 1 saturated heterocycles. The van der Waals surface area contributed by atoms with Crippen LogP contribution in [0.25, 0.3) is 0 Å². The van der Waals surface area contributed by atoms with Crippen LogP contribution in [0.3, 0.4) is 0 Å². The molecule has 0 spiro atoms. The molecule has 0 aliphatic carbocycles. The van der Waals surface area contributed by atoms with Crippen molar-refractivity contribution in [2.45, 2.75) is 13.3 Å². The van der Waals surface area contributed by atoms with Crippen LogP contribution in [-0.4, -0.2) is 40.5 Å². The van der Waals surface area contributed by atoms with Gasteiger partial charge in [0.25, 0.3) is 5.91 Å². The normalized spacial score (nSPS) is 24.0. The molecule has 1 aromatic rings. The zero-order valence-electron chi connectivity index (χ0n) is 10.5. The van der Waals surface area contributed by atoms with E-state index >= 15 is 0 Å². The third-order valence-electron chi connectivity index (χ3n) is 3.67. The van der Waals surface area contributed by atoms with Crippen LogP contribution >= 0.6 is 0 Å². The second-order valence-electron chi connectivity index (χ2n) is 4.94. The van der Waals surface area contributed by atoms with E-state index < -0.39 is 0 Å². The molecule has 1 aromatic heterocycles. The Morgan fingerprint density at radius 1 is 1.61 bits per heavy atom. The van der Waals surface area contributed by atoms with Gasteiger partial charge in [0.05, 0.1) is 11.8 Å². The Balaban J connectivity index is 2.10. The number of pyridine rings is 1. The molecule has 1 aliphatic rings. The van der Waals surface area contributed by atoms with Crippen LogP contribution in [0.2, 0.25) is 0 Å². The number of carbonyl (C=O) groups excluding carboxylic acids is 1. The number of nitrogens with two attached hydrogens (primary N) is 1. The van der Waals surface area contributed by atoms with Crippen LogP contribution in [-0.2, 0) is 0 Å². The molecule has 5 heteroatoms. The highest BCUT2D eigenvalue weighted by Gasteiger charge is 2.28. The van der Waals surface area contributed by atoms with Gasteiger partial charge in [-0.25, -0.2) is 0 Å². The fourth-order valence-corrected chi connectivity index (χ4v) is 2.37. The van der Waals surface area contributed by atoms with E-state index in [2.05, 4.69) is 11.9 Å². The molecular weight excluding hydrogens is 230 g/mol. The van der Waals surface area contributed by atoms with Gasteiger partial charge in [0, 0.05) is 19.3 Å². The van der Waals surface area contributed by atoms with E-state index in [0.717, 1.165) is 13.0 Å². The van der Waals surface area contributed by atoms with Gasteiger partial charge in [-0.2, -0.15) is 0 Å². The molecule has 98 valence electrons. The first-order valence-corrected chi connectivity index (χ1v) is 6.25. The van der Waals surface area contributed by atoms with Crippen molar-refractivity contribution in [3.63, 3.8) is 0 Å². The molecule has 0 radical (unpaired) electrons. The predicted molar refractivity (Wildman–Crippen MR) is 68.1 cm³/mol. The van der Waals surface area contributed by atoms with E-state index in [1.807, 2.05) is 0 Å². The summed E-state index contributed by atoms with van der Waals surface area (Å²) in [6.45, 7) is 4.21. The predicted octanol–water partition coefficient (Wildman–Crippen LogP) is 0.844. The minimum Gasteiger partial charge on any atom is -0.506 e. The summed E-state index contributed by atoms with van der Waals surface area (Å²) < 4.78 is 0. The van der Waals surface area contributed by atoms with Crippen LogP contribution < -0.4 is 5.73 Å². The van der Waals surface area contributed by atoms with Crippen molar-refractivity contribution < 1.29 is 9.90 Å². The Morgan fingerprint density at radius 3 is 3.06 bits per heavy atom. The van der Waals surface area contributed by atoms with Crippen molar-refractivity contribution in [2.24, 2.45) is 17.6 Å². The number of likely N-dealkylation sites (tertiary alicyclic amines) is 1. The smallest absolute Gasteiger partial charge is 0.255 e. The lowest BCUT2D eigenvalue weighted by molar-refractivity contribution is 0.0617. The maximum absolute atomic E-state index is 12.3. The Labute approximate surface area is 107 Å². The first-order chi connectivity index (χ1) is 8.61. The van der Waals surface area contributed by atoms with E-state index in [-0.39, 0.29) is 11.7 Å². The number of nitrogens with zero attached hydrogens (tertiary/aromatic N) is 2. The molecule has 3 N–H and O–H groups in total. The van der Waals surface area contributed by atoms with Crippen LogP contribution in [0.15, 0.2) is 18.5 Å². The molecule has 18 heavy (non-hydrogen) atoms. The third-order valence-corrected chi connectivity index (χ3v) is 3.67. The van der Waals surface area contributed by atoms with Gasteiger partial charge in [-0.3, -0.25) is 9.78 Å².